The second kappa shape index (κ2) is 7.74. The van der Waals surface area contributed by atoms with Crippen molar-refractivity contribution in [2.24, 2.45) is 11.8 Å². The predicted octanol–water partition coefficient (Wildman–Crippen LogP) is 4.38. The van der Waals surface area contributed by atoms with Crippen LogP contribution in [0.5, 0.6) is 5.75 Å². The number of nitriles is 1. The lowest BCUT2D eigenvalue weighted by atomic mass is 9.80. The van der Waals surface area contributed by atoms with Crippen molar-refractivity contribution < 1.29 is 13.9 Å². The largest absolute Gasteiger partial charge is 0.426 e. The highest BCUT2D eigenvalue weighted by atomic mass is 19.1. The third-order valence-electron chi connectivity index (χ3n) is 4.16. The van der Waals surface area contributed by atoms with E-state index in [1.807, 2.05) is 6.92 Å². The van der Waals surface area contributed by atoms with Gasteiger partial charge in [-0.2, -0.15) is 5.26 Å². The maximum atomic E-state index is 13.5. The van der Waals surface area contributed by atoms with E-state index in [0.717, 1.165) is 38.2 Å². The lowest BCUT2D eigenvalue weighted by molar-refractivity contribution is -0.140. The molecule has 0 bridgehead atoms. The van der Waals surface area contributed by atoms with Crippen LogP contribution in [-0.2, 0) is 4.79 Å². The molecule has 0 aliphatic heterocycles. The Bertz CT molecular complexity index is 596. The molecular formula is C18H20FNO2. The van der Waals surface area contributed by atoms with Crippen molar-refractivity contribution in [3.63, 3.8) is 0 Å². The first-order valence-corrected chi connectivity index (χ1v) is 7.66. The SMILES string of the molecule is C/C=C/CC1CCC(C(=O)Oc2ccc(C#N)c(F)c2)CC1. The van der Waals surface area contributed by atoms with Crippen LogP contribution in [0.1, 0.15) is 44.6 Å². The molecule has 1 aromatic rings. The number of carbonyl (C=O) groups excluding carboxylic acids is 1. The first-order chi connectivity index (χ1) is 10.6. The van der Waals surface area contributed by atoms with Crippen molar-refractivity contribution in [1.82, 2.24) is 0 Å². The highest BCUT2D eigenvalue weighted by Gasteiger charge is 2.27. The Kier molecular flexibility index (Phi) is 5.71. The van der Waals surface area contributed by atoms with E-state index in [1.54, 1.807) is 6.07 Å². The van der Waals surface area contributed by atoms with Crippen LogP contribution in [0.15, 0.2) is 30.4 Å². The van der Waals surface area contributed by atoms with Gasteiger partial charge in [0.2, 0.25) is 0 Å². The van der Waals surface area contributed by atoms with Gasteiger partial charge < -0.3 is 4.74 Å². The molecule has 0 saturated heterocycles. The van der Waals surface area contributed by atoms with Gasteiger partial charge in [0.1, 0.15) is 17.6 Å². The second-order valence-electron chi connectivity index (χ2n) is 5.70. The normalized spacial score (nSPS) is 21.5. The molecule has 22 heavy (non-hydrogen) atoms. The van der Waals surface area contributed by atoms with Crippen LogP contribution in [0.4, 0.5) is 4.39 Å². The number of benzene rings is 1. The zero-order valence-corrected chi connectivity index (χ0v) is 12.7. The summed E-state index contributed by atoms with van der Waals surface area (Å²) in [6.45, 7) is 2.01. The van der Waals surface area contributed by atoms with Crippen LogP contribution in [0.2, 0.25) is 0 Å². The topological polar surface area (TPSA) is 50.1 Å². The van der Waals surface area contributed by atoms with Crippen molar-refractivity contribution in [3.05, 3.63) is 41.7 Å². The van der Waals surface area contributed by atoms with Gasteiger partial charge in [0.05, 0.1) is 11.5 Å². The average molecular weight is 301 g/mol. The number of hydrogen-bond acceptors (Lipinski definition) is 3. The van der Waals surface area contributed by atoms with Gasteiger partial charge in [0, 0.05) is 6.07 Å². The molecular weight excluding hydrogens is 281 g/mol. The smallest absolute Gasteiger partial charge is 0.314 e. The third kappa shape index (κ3) is 4.17. The van der Waals surface area contributed by atoms with Gasteiger partial charge in [0.25, 0.3) is 0 Å². The zero-order valence-electron chi connectivity index (χ0n) is 12.7. The molecule has 2 rings (SSSR count). The van der Waals surface area contributed by atoms with E-state index in [4.69, 9.17) is 10.00 Å². The summed E-state index contributed by atoms with van der Waals surface area (Å²) in [5.41, 5.74) is -0.0516. The molecule has 0 N–H and O–H groups in total. The van der Waals surface area contributed by atoms with Gasteiger partial charge in [-0.3, -0.25) is 4.79 Å². The van der Waals surface area contributed by atoms with E-state index in [0.29, 0.717) is 5.92 Å². The minimum Gasteiger partial charge on any atom is -0.426 e. The van der Waals surface area contributed by atoms with Crippen LogP contribution < -0.4 is 4.74 Å². The number of nitrogens with zero attached hydrogens (tertiary/aromatic N) is 1. The number of carbonyl (C=O) groups is 1. The van der Waals surface area contributed by atoms with Crippen LogP contribution >= 0.6 is 0 Å². The van der Waals surface area contributed by atoms with Gasteiger partial charge in [-0.05, 0) is 57.1 Å². The summed E-state index contributed by atoms with van der Waals surface area (Å²) in [4.78, 5) is 12.1. The number of ether oxygens (including phenoxy) is 1. The van der Waals surface area contributed by atoms with E-state index in [-0.39, 0.29) is 23.2 Å². The summed E-state index contributed by atoms with van der Waals surface area (Å²) in [5.74, 6) is -0.262. The first-order valence-electron chi connectivity index (χ1n) is 7.66. The maximum absolute atomic E-state index is 13.5. The molecule has 116 valence electrons. The summed E-state index contributed by atoms with van der Waals surface area (Å²) in [7, 11) is 0. The summed E-state index contributed by atoms with van der Waals surface area (Å²) in [5, 5.41) is 8.68. The highest BCUT2D eigenvalue weighted by molar-refractivity contribution is 5.75. The van der Waals surface area contributed by atoms with Gasteiger partial charge in [0.15, 0.2) is 0 Å². The fraction of sp³-hybridized carbons (Fsp3) is 0.444. The van der Waals surface area contributed by atoms with E-state index >= 15 is 0 Å². The Labute approximate surface area is 130 Å². The molecule has 0 unspecified atom stereocenters. The molecule has 3 nitrogen and oxygen atoms in total. The number of halogens is 1. The van der Waals surface area contributed by atoms with E-state index in [1.165, 1.54) is 12.1 Å². The van der Waals surface area contributed by atoms with Crippen molar-refractivity contribution in [3.8, 4) is 11.8 Å². The molecule has 1 aromatic carbocycles. The maximum Gasteiger partial charge on any atom is 0.314 e. The van der Waals surface area contributed by atoms with Crippen LogP contribution in [0.25, 0.3) is 0 Å². The Morgan fingerprint density at radius 3 is 2.73 bits per heavy atom. The lowest BCUT2D eigenvalue weighted by Gasteiger charge is -2.26. The van der Waals surface area contributed by atoms with Crippen molar-refractivity contribution in [2.45, 2.75) is 39.0 Å². The molecule has 1 saturated carbocycles. The lowest BCUT2D eigenvalue weighted by Crippen LogP contribution is -2.25. The van der Waals surface area contributed by atoms with Crippen molar-refractivity contribution in [2.75, 3.05) is 0 Å². The van der Waals surface area contributed by atoms with Gasteiger partial charge >= 0.3 is 5.97 Å². The van der Waals surface area contributed by atoms with E-state index in [9.17, 15) is 9.18 Å². The van der Waals surface area contributed by atoms with Crippen LogP contribution in [-0.4, -0.2) is 5.97 Å². The summed E-state index contributed by atoms with van der Waals surface area (Å²) < 4.78 is 18.7. The fourth-order valence-corrected chi connectivity index (χ4v) is 2.81. The van der Waals surface area contributed by atoms with E-state index < -0.39 is 5.82 Å². The van der Waals surface area contributed by atoms with Crippen LogP contribution in [0, 0.1) is 29.0 Å². The highest BCUT2D eigenvalue weighted by Crippen LogP contribution is 2.32. The van der Waals surface area contributed by atoms with E-state index in [2.05, 4.69) is 12.2 Å². The molecule has 0 amide bonds. The Balaban J connectivity index is 1.88. The number of esters is 1. The Morgan fingerprint density at radius 2 is 2.14 bits per heavy atom. The molecule has 1 fully saturated rings. The van der Waals surface area contributed by atoms with Crippen LogP contribution in [0.3, 0.4) is 0 Å². The zero-order chi connectivity index (χ0) is 15.9. The molecule has 0 atom stereocenters. The third-order valence-corrected chi connectivity index (χ3v) is 4.16. The van der Waals surface area contributed by atoms with Gasteiger partial charge in [-0.25, -0.2) is 4.39 Å². The molecule has 4 heteroatoms. The molecule has 1 aliphatic carbocycles. The molecule has 1 aliphatic rings. The predicted molar refractivity (Wildman–Crippen MR) is 81.6 cm³/mol. The standard InChI is InChI=1S/C18H20FNO2/c1-2-3-4-13-5-7-14(8-6-13)18(21)22-16-10-9-15(12-20)17(19)11-16/h2-3,9-11,13-14H,4-8H2,1H3/b3-2+. The molecule has 0 aromatic heterocycles. The fourth-order valence-electron chi connectivity index (χ4n) is 2.81. The summed E-state index contributed by atoms with van der Waals surface area (Å²) >= 11 is 0. The van der Waals surface area contributed by atoms with Gasteiger partial charge in [-0.1, -0.05) is 12.2 Å². The number of hydrogen-bond donors (Lipinski definition) is 0. The molecule has 0 heterocycles. The Hall–Kier alpha value is -2.15. The second-order valence-corrected chi connectivity index (χ2v) is 5.70. The average Bonchev–Trinajstić information content (AvgIpc) is 2.53. The molecule has 0 radical (unpaired) electrons. The first kappa shape index (κ1) is 16.2. The van der Waals surface area contributed by atoms with Gasteiger partial charge in [-0.15, -0.1) is 0 Å². The monoisotopic (exact) mass is 301 g/mol. The Morgan fingerprint density at radius 1 is 1.41 bits per heavy atom. The summed E-state index contributed by atoms with van der Waals surface area (Å²) in [6, 6.07) is 5.61. The summed E-state index contributed by atoms with van der Waals surface area (Å²) in [6.07, 6.45) is 8.97. The van der Waals surface area contributed by atoms with Crippen molar-refractivity contribution >= 4 is 5.97 Å². The number of allylic oxidation sites excluding steroid dienone is 2. The number of rotatable bonds is 4. The quantitative estimate of drug-likeness (QED) is 0.471. The minimum absolute atomic E-state index is 0.0516. The molecule has 0 spiro atoms. The van der Waals surface area contributed by atoms with Crippen molar-refractivity contribution in [1.29, 1.82) is 5.26 Å². The minimum atomic E-state index is -0.664.